The first-order valence-corrected chi connectivity index (χ1v) is 8.83. The molecule has 3 rings (SSSR count). The van der Waals surface area contributed by atoms with E-state index in [1.807, 2.05) is 0 Å². The van der Waals surface area contributed by atoms with Crippen molar-refractivity contribution in [2.75, 3.05) is 13.7 Å². The van der Waals surface area contributed by atoms with Crippen molar-refractivity contribution in [3.63, 3.8) is 0 Å². The molecule has 144 valence electrons. The van der Waals surface area contributed by atoms with Crippen molar-refractivity contribution in [1.29, 1.82) is 0 Å². The zero-order chi connectivity index (χ0) is 20.3. The van der Waals surface area contributed by atoms with Gasteiger partial charge in [0.05, 0.1) is 22.8 Å². The molecular formula is C20H15Cl2NO5. The minimum Gasteiger partial charge on any atom is -0.504 e. The fourth-order valence-corrected chi connectivity index (χ4v) is 3.06. The molecule has 0 atom stereocenters. The van der Waals surface area contributed by atoms with Gasteiger partial charge in [-0.25, -0.2) is 9.78 Å². The summed E-state index contributed by atoms with van der Waals surface area (Å²) in [7, 11) is 1.47. The third-order valence-electron chi connectivity index (χ3n) is 3.86. The minimum atomic E-state index is -1.07. The van der Waals surface area contributed by atoms with Gasteiger partial charge in [-0.05, 0) is 42.0 Å². The van der Waals surface area contributed by atoms with Crippen LogP contribution < -0.4 is 9.47 Å². The zero-order valence-electron chi connectivity index (χ0n) is 14.6. The number of ether oxygens (including phenoxy) is 2. The van der Waals surface area contributed by atoms with Gasteiger partial charge in [0.15, 0.2) is 23.9 Å². The maximum Gasteiger partial charge on any atom is 0.341 e. The molecule has 28 heavy (non-hydrogen) atoms. The highest BCUT2D eigenvalue weighted by Crippen LogP contribution is 2.36. The summed E-state index contributed by atoms with van der Waals surface area (Å²) < 4.78 is 10.4. The van der Waals surface area contributed by atoms with Gasteiger partial charge >= 0.3 is 5.97 Å². The minimum absolute atomic E-state index is 0.127. The van der Waals surface area contributed by atoms with E-state index in [0.717, 1.165) is 5.56 Å². The number of nitrogens with zero attached hydrogens (tertiary/aromatic N) is 1. The van der Waals surface area contributed by atoms with Crippen LogP contribution in [0.3, 0.4) is 0 Å². The Balaban J connectivity index is 1.89. The lowest BCUT2D eigenvalue weighted by atomic mass is 10.1. The highest BCUT2D eigenvalue weighted by molar-refractivity contribution is 6.39. The zero-order valence-corrected chi connectivity index (χ0v) is 16.2. The molecular weight excluding hydrogens is 405 g/mol. The van der Waals surface area contributed by atoms with Gasteiger partial charge in [-0.1, -0.05) is 35.3 Å². The van der Waals surface area contributed by atoms with E-state index in [-0.39, 0.29) is 10.8 Å². The number of aromatic hydroxyl groups is 1. The van der Waals surface area contributed by atoms with Gasteiger partial charge in [0.25, 0.3) is 0 Å². The maximum absolute atomic E-state index is 10.6. The summed E-state index contributed by atoms with van der Waals surface area (Å²) in [5, 5.41) is 20.0. The second kappa shape index (κ2) is 8.37. The molecule has 0 saturated carbocycles. The number of halogens is 2. The molecule has 8 heteroatoms. The van der Waals surface area contributed by atoms with E-state index in [1.54, 1.807) is 42.5 Å². The normalized spacial score (nSPS) is 11.1. The van der Waals surface area contributed by atoms with Crippen molar-refractivity contribution in [3.05, 3.63) is 57.7 Å². The second-order valence-corrected chi connectivity index (χ2v) is 6.56. The van der Waals surface area contributed by atoms with Crippen LogP contribution in [0.5, 0.6) is 17.2 Å². The Hall–Kier alpha value is -2.96. The lowest BCUT2D eigenvalue weighted by Gasteiger charge is -2.09. The Morgan fingerprint density at radius 2 is 1.89 bits per heavy atom. The van der Waals surface area contributed by atoms with Crippen molar-refractivity contribution < 1.29 is 24.5 Å². The van der Waals surface area contributed by atoms with Crippen molar-refractivity contribution in [2.24, 2.45) is 0 Å². The smallest absolute Gasteiger partial charge is 0.341 e. The molecule has 0 fully saturated rings. The monoisotopic (exact) mass is 419 g/mol. The van der Waals surface area contributed by atoms with E-state index in [4.69, 9.17) is 37.8 Å². The molecule has 0 bridgehead atoms. The van der Waals surface area contributed by atoms with Crippen LogP contribution in [0.4, 0.5) is 0 Å². The third kappa shape index (κ3) is 4.30. The van der Waals surface area contributed by atoms with E-state index < -0.39 is 12.6 Å². The second-order valence-electron chi connectivity index (χ2n) is 5.75. The topological polar surface area (TPSA) is 88.9 Å². The summed E-state index contributed by atoms with van der Waals surface area (Å²) >= 11 is 12.1. The first kappa shape index (κ1) is 19.8. The Bertz CT molecular complexity index is 1080. The lowest BCUT2D eigenvalue weighted by molar-refractivity contribution is -0.139. The third-order valence-corrected chi connectivity index (χ3v) is 4.46. The predicted octanol–water partition coefficient (Wildman–Crippen LogP) is 4.89. The van der Waals surface area contributed by atoms with Crippen LogP contribution in [0.1, 0.15) is 11.3 Å². The summed E-state index contributed by atoms with van der Waals surface area (Å²) in [5.41, 5.74) is 1.69. The number of phenols is 1. The van der Waals surface area contributed by atoms with Gasteiger partial charge in [-0.3, -0.25) is 0 Å². The molecule has 0 aliphatic heterocycles. The number of pyridine rings is 1. The summed E-state index contributed by atoms with van der Waals surface area (Å²) in [4.78, 5) is 15.0. The van der Waals surface area contributed by atoms with Gasteiger partial charge in [0, 0.05) is 5.39 Å². The molecule has 2 aromatic carbocycles. The molecule has 0 saturated heterocycles. The standard InChI is InChI=1S/C20H15Cl2NO5/c1-27-17-8-11(3-7-16(17)28-10-18(24)25)2-4-12-5-6-13-14(21)9-15(22)20(26)19(13)23-12/h2-9,26H,10H2,1H3,(H,24,25)/b4-2+. The van der Waals surface area contributed by atoms with Gasteiger partial charge in [-0.15, -0.1) is 0 Å². The van der Waals surface area contributed by atoms with Crippen LogP contribution in [-0.4, -0.2) is 34.9 Å². The number of carboxylic acids is 1. The number of benzene rings is 2. The molecule has 3 aromatic rings. The van der Waals surface area contributed by atoms with E-state index in [9.17, 15) is 9.90 Å². The summed E-state index contributed by atoms with van der Waals surface area (Å²) in [5.74, 6) is -0.457. The maximum atomic E-state index is 10.6. The molecule has 6 nitrogen and oxygen atoms in total. The Morgan fingerprint density at radius 3 is 2.61 bits per heavy atom. The average molecular weight is 420 g/mol. The van der Waals surface area contributed by atoms with Crippen LogP contribution in [0, 0.1) is 0 Å². The van der Waals surface area contributed by atoms with Crippen LogP contribution in [-0.2, 0) is 4.79 Å². The molecule has 0 amide bonds. The molecule has 0 unspecified atom stereocenters. The Labute approximate surface area is 170 Å². The number of carbonyl (C=O) groups is 1. The van der Waals surface area contributed by atoms with E-state index >= 15 is 0 Å². The number of aliphatic carboxylic acids is 1. The van der Waals surface area contributed by atoms with Gasteiger partial charge in [0.1, 0.15) is 5.52 Å². The van der Waals surface area contributed by atoms with Crippen LogP contribution in [0.25, 0.3) is 23.1 Å². The van der Waals surface area contributed by atoms with E-state index in [1.165, 1.54) is 13.2 Å². The molecule has 1 aromatic heterocycles. The molecule has 1 heterocycles. The van der Waals surface area contributed by atoms with Gasteiger partial charge < -0.3 is 19.7 Å². The summed E-state index contributed by atoms with van der Waals surface area (Å²) in [6, 6.07) is 10.1. The highest BCUT2D eigenvalue weighted by Gasteiger charge is 2.11. The Kier molecular flexibility index (Phi) is 5.92. The fourth-order valence-electron chi connectivity index (χ4n) is 2.54. The lowest BCUT2D eigenvalue weighted by Crippen LogP contribution is -2.10. The number of aromatic nitrogens is 1. The number of methoxy groups -OCH3 is 1. The van der Waals surface area contributed by atoms with Crippen molar-refractivity contribution in [2.45, 2.75) is 0 Å². The number of fused-ring (bicyclic) bond motifs is 1. The highest BCUT2D eigenvalue weighted by atomic mass is 35.5. The molecule has 0 radical (unpaired) electrons. The van der Waals surface area contributed by atoms with Crippen molar-refractivity contribution in [3.8, 4) is 17.2 Å². The SMILES string of the molecule is COc1cc(/C=C/c2ccc3c(Cl)cc(Cl)c(O)c3n2)ccc1OCC(=O)O. The first-order valence-electron chi connectivity index (χ1n) is 8.07. The first-order chi connectivity index (χ1) is 13.4. The average Bonchev–Trinajstić information content (AvgIpc) is 2.69. The van der Waals surface area contributed by atoms with Crippen molar-refractivity contribution >= 4 is 52.2 Å². The Morgan fingerprint density at radius 1 is 1.11 bits per heavy atom. The number of hydrogen-bond acceptors (Lipinski definition) is 5. The molecule has 0 spiro atoms. The summed E-state index contributed by atoms with van der Waals surface area (Å²) in [6.07, 6.45) is 3.54. The van der Waals surface area contributed by atoms with E-state index in [2.05, 4.69) is 4.98 Å². The van der Waals surface area contributed by atoms with Crippen LogP contribution >= 0.6 is 23.2 Å². The number of phenolic OH excluding ortho intramolecular Hbond substituents is 1. The fraction of sp³-hybridized carbons (Fsp3) is 0.100. The number of rotatable bonds is 6. The number of hydrogen-bond donors (Lipinski definition) is 2. The number of carboxylic acid groups (broad SMARTS) is 1. The summed E-state index contributed by atoms with van der Waals surface area (Å²) in [6.45, 7) is -0.457. The van der Waals surface area contributed by atoms with Gasteiger partial charge in [-0.2, -0.15) is 0 Å². The van der Waals surface area contributed by atoms with Crippen LogP contribution in [0.15, 0.2) is 36.4 Å². The van der Waals surface area contributed by atoms with Gasteiger partial charge in [0.2, 0.25) is 0 Å². The van der Waals surface area contributed by atoms with Crippen LogP contribution in [0.2, 0.25) is 10.0 Å². The molecule has 0 aliphatic rings. The molecule has 0 aliphatic carbocycles. The quantitative estimate of drug-likeness (QED) is 0.591. The molecule has 2 N–H and O–H groups in total. The van der Waals surface area contributed by atoms with Crippen molar-refractivity contribution in [1.82, 2.24) is 4.98 Å². The predicted molar refractivity (Wildman–Crippen MR) is 108 cm³/mol. The largest absolute Gasteiger partial charge is 0.504 e. The van der Waals surface area contributed by atoms with E-state index in [0.29, 0.717) is 33.1 Å².